The van der Waals surface area contributed by atoms with Crippen LogP contribution in [0.5, 0.6) is 0 Å². The van der Waals surface area contributed by atoms with Crippen LogP contribution in [0, 0.1) is 0 Å². The standard InChI is InChI=1S/C10H21NO3/c1-13-8-5-11(4-6-12)10-3-2-7-14-9-10/h10,12H,2-9H2,1H3. The Kier molecular flexibility index (Phi) is 6.10. The fourth-order valence-electron chi connectivity index (χ4n) is 1.83. The van der Waals surface area contributed by atoms with E-state index in [9.17, 15) is 0 Å². The SMILES string of the molecule is COCCN(CCO)C1CCCOC1. The highest BCUT2D eigenvalue weighted by Gasteiger charge is 2.20. The van der Waals surface area contributed by atoms with Gasteiger partial charge in [-0.05, 0) is 12.8 Å². The summed E-state index contributed by atoms with van der Waals surface area (Å²) < 4.78 is 10.5. The number of ether oxygens (including phenoxy) is 2. The second-order valence-electron chi connectivity index (χ2n) is 3.62. The predicted octanol–water partition coefficient (Wildman–Crippen LogP) is 0.106. The largest absolute Gasteiger partial charge is 0.395 e. The molecular formula is C10H21NO3. The van der Waals surface area contributed by atoms with Gasteiger partial charge >= 0.3 is 0 Å². The van der Waals surface area contributed by atoms with Crippen LogP contribution in [0.1, 0.15) is 12.8 Å². The molecule has 0 spiro atoms. The summed E-state index contributed by atoms with van der Waals surface area (Å²) in [6.07, 6.45) is 2.29. The van der Waals surface area contributed by atoms with Crippen LogP contribution in [0.2, 0.25) is 0 Å². The number of hydrogen-bond acceptors (Lipinski definition) is 4. The quantitative estimate of drug-likeness (QED) is 0.665. The molecule has 1 atom stereocenters. The molecule has 1 fully saturated rings. The van der Waals surface area contributed by atoms with Crippen molar-refractivity contribution in [3.8, 4) is 0 Å². The van der Waals surface area contributed by atoms with Crippen molar-refractivity contribution in [2.45, 2.75) is 18.9 Å². The molecule has 0 aromatic carbocycles. The van der Waals surface area contributed by atoms with Crippen molar-refractivity contribution in [3.05, 3.63) is 0 Å². The third-order valence-corrected chi connectivity index (χ3v) is 2.62. The van der Waals surface area contributed by atoms with E-state index in [1.165, 1.54) is 6.42 Å². The molecule has 0 aliphatic carbocycles. The van der Waals surface area contributed by atoms with Gasteiger partial charge in [0.2, 0.25) is 0 Å². The average molecular weight is 203 g/mol. The number of aliphatic hydroxyl groups excluding tert-OH is 1. The van der Waals surface area contributed by atoms with E-state index in [0.29, 0.717) is 6.04 Å². The average Bonchev–Trinajstić information content (AvgIpc) is 2.25. The number of aliphatic hydroxyl groups is 1. The zero-order chi connectivity index (χ0) is 10.2. The van der Waals surface area contributed by atoms with E-state index >= 15 is 0 Å². The van der Waals surface area contributed by atoms with Gasteiger partial charge in [-0.15, -0.1) is 0 Å². The zero-order valence-corrected chi connectivity index (χ0v) is 8.95. The second kappa shape index (κ2) is 7.17. The summed E-state index contributed by atoms with van der Waals surface area (Å²) in [6, 6.07) is 0.464. The fraction of sp³-hybridized carbons (Fsp3) is 1.00. The van der Waals surface area contributed by atoms with Gasteiger partial charge in [0.15, 0.2) is 0 Å². The van der Waals surface area contributed by atoms with Gasteiger partial charge in [0.05, 0.1) is 19.8 Å². The molecule has 1 unspecified atom stereocenters. The van der Waals surface area contributed by atoms with Gasteiger partial charge < -0.3 is 14.6 Å². The molecule has 1 aliphatic heterocycles. The van der Waals surface area contributed by atoms with Gasteiger partial charge in [-0.25, -0.2) is 0 Å². The maximum Gasteiger partial charge on any atom is 0.0621 e. The summed E-state index contributed by atoms with van der Waals surface area (Å²) in [7, 11) is 1.70. The van der Waals surface area contributed by atoms with Crippen molar-refractivity contribution < 1.29 is 14.6 Å². The van der Waals surface area contributed by atoms with Crippen molar-refractivity contribution in [1.29, 1.82) is 0 Å². The molecule has 0 aromatic heterocycles. The van der Waals surface area contributed by atoms with Crippen molar-refractivity contribution in [3.63, 3.8) is 0 Å². The first-order chi connectivity index (χ1) is 6.88. The molecule has 84 valence electrons. The lowest BCUT2D eigenvalue weighted by Crippen LogP contribution is -2.44. The molecule has 1 N–H and O–H groups in total. The van der Waals surface area contributed by atoms with E-state index in [-0.39, 0.29) is 6.61 Å². The minimum atomic E-state index is 0.209. The fourth-order valence-corrected chi connectivity index (χ4v) is 1.83. The van der Waals surface area contributed by atoms with E-state index in [1.807, 2.05) is 0 Å². The van der Waals surface area contributed by atoms with Crippen LogP contribution in [-0.2, 0) is 9.47 Å². The molecule has 0 saturated carbocycles. The van der Waals surface area contributed by atoms with Crippen LogP contribution in [0.15, 0.2) is 0 Å². The molecule has 0 bridgehead atoms. The Morgan fingerprint density at radius 3 is 2.93 bits per heavy atom. The number of nitrogens with zero attached hydrogens (tertiary/aromatic N) is 1. The van der Waals surface area contributed by atoms with Crippen molar-refractivity contribution >= 4 is 0 Å². The monoisotopic (exact) mass is 203 g/mol. The molecule has 0 aromatic rings. The molecule has 1 rings (SSSR count). The van der Waals surface area contributed by atoms with E-state index in [1.54, 1.807) is 7.11 Å². The molecule has 1 saturated heterocycles. The predicted molar refractivity (Wildman–Crippen MR) is 54.4 cm³/mol. The number of methoxy groups -OCH3 is 1. The summed E-state index contributed by atoms with van der Waals surface area (Å²) in [4.78, 5) is 2.25. The molecular weight excluding hydrogens is 182 g/mol. The van der Waals surface area contributed by atoms with Crippen LogP contribution in [0.3, 0.4) is 0 Å². The molecule has 1 heterocycles. The van der Waals surface area contributed by atoms with Crippen LogP contribution in [0.25, 0.3) is 0 Å². The molecule has 4 nitrogen and oxygen atoms in total. The third kappa shape index (κ3) is 3.92. The van der Waals surface area contributed by atoms with Crippen LogP contribution < -0.4 is 0 Å². The summed E-state index contributed by atoms with van der Waals surface area (Å²) >= 11 is 0. The molecule has 4 heteroatoms. The highest BCUT2D eigenvalue weighted by atomic mass is 16.5. The van der Waals surface area contributed by atoms with Gasteiger partial charge in [-0.2, -0.15) is 0 Å². The molecule has 0 radical (unpaired) electrons. The first-order valence-electron chi connectivity index (χ1n) is 5.30. The Bertz CT molecular complexity index is 137. The lowest BCUT2D eigenvalue weighted by molar-refractivity contribution is 0.00340. The van der Waals surface area contributed by atoms with E-state index in [2.05, 4.69) is 4.90 Å². The minimum Gasteiger partial charge on any atom is -0.395 e. The summed E-state index contributed by atoms with van der Waals surface area (Å²) in [5, 5.41) is 8.94. The Morgan fingerprint density at radius 1 is 1.50 bits per heavy atom. The maximum absolute atomic E-state index is 8.94. The zero-order valence-electron chi connectivity index (χ0n) is 8.95. The molecule has 0 amide bonds. The van der Waals surface area contributed by atoms with Crippen LogP contribution >= 0.6 is 0 Å². The van der Waals surface area contributed by atoms with E-state index < -0.39 is 0 Å². The Balaban J connectivity index is 2.30. The number of hydrogen-bond donors (Lipinski definition) is 1. The lowest BCUT2D eigenvalue weighted by Gasteiger charge is -2.33. The summed E-state index contributed by atoms with van der Waals surface area (Å²) in [5.41, 5.74) is 0. The van der Waals surface area contributed by atoms with Crippen molar-refractivity contribution in [2.24, 2.45) is 0 Å². The lowest BCUT2D eigenvalue weighted by atomic mass is 10.1. The van der Waals surface area contributed by atoms with Crippen LogP contribution in [0.4, 0.5) is 0 Å². The summed E-state index contributed by atoms with van der Waals surface area (Å²) in [6.45, 7) is 4.21. The first-order valence-corrected chi connectivity index (χ1v) is 5.30. The first kappa shape index (κ1) is 11.9. The van der Waals surface area contributed by atoms with Gasteiger partial charge in [0.1, 0.15) is 0 Å². The van der Waals surface area contributed by atoms with E-state index in [0.717, 1.165) is 39.3 Å². The normalized spacial score (nSPS) is 22.9. The topological polar surface area (TPSA) is 41.9 Å². The van der Waals surface area contributed by atoms with Gasteiger partial charge in [-0.3, -0.25) is 4.90 Å². The van der Waals surface area contributed by atoms with Crippen LogP contribution in [-0.4, -0.2) is 62.7 Å². The molecule has 14 heavy (non-hydrogen) atoms. The maximum atomic E-state index is 8.94. The number of rotatable bonds is 6. The Labute approximate surface area is 85.8 Å². The van der Waals surface area contributed by atoms with Crippen molar-refractivity contribution in [2.75, 3.05) is 46.6 Å². The van der Waals surface area contributed by atoms with Crippen molar-refractivity contribution in [1.82, 2.24) is 4.90 Å². The molecule has 1 aliphatic rings. The highest BCUT2D eigenvalue weighted by molar-refractivity contribution is 4.74. The summed E-state index contributed by atoms with van der Waals surface area (Å²) in [5.74, 6) is 0. The Hall–Kier alpha value is -0.160. The third-order valence-electron chi connectivity index (χ3n) is 2.62. The van der Waals surface area contributed by atoms with Gasteiger partial charge in [0, 0.05) is 32.8 Å². The van der Waals surface area contributed by atoms with Gasteiger partial charge in [0.25, 0.3) is 0 Å². The van der Waals surface area contributed by atoms with Gasteiger partial charge in [-0.1, -0.05) is 0 Å². The van der Waals surface area contributed by atoms with E-state index in [4.69, 9.17) is 14.6 Å². The second-order valence-corrected chi connectivity index (χ2v) is 3.62. The smallest absolute Gasteiger partial charge is 0.0621 e. The Morgan fingerprint density at radius 2 is 2.36 bits per heavy atom. The minimum absolute atomic E-state index is 0.209. The highest BCUT2D eigenvalue weighted by Crippen LogP contribution is 2.12.